The average molecular weight is 321 g/mol. The van der Waals surface area contributed by atoms with Gasteiger partial charge in [0.15, 0.2) is 5.76 Å². The van der Waals surface area contributed by atoms with E-state index in [1.54, 1.807) is 0 Å². The maximum absolute atomic E-state index is 12.9. The van der Waals surface area contributed by atoms with E-state index >= 15 is 0 Å². The van der Waals surface area contributed by atoms with Crippen LogP contribution in [0.2, 0.25) is 0 Å². The van der Waals surface area contributed by atoms with E-state index in [4.69, 9.17) is 4.42 Å². The van der Waals surface area contributed by atoms with Crippen molar-refractivity contribution in [1.29, 1.82) is 0 Å². The Hall–Kier alpha value is -2.55. The average Bonchev–Trinajstić information content (AvgIpc) is 2.64. The number of hydrogen-bond acceptors (Lipinski definition) is 3. The number of nitrogens with one attached hydrogen (secondary N) is 1. The topological polar surface area (TPSA) is 42.2 Å². The zero-order valence-corrected chi connectivity index (χ0v) is 14.0. The first-order valence-corrected chi connectivity index (χ1v) is 8.66. The highest BCUT2D eigenvalue weighted by Gasteiger charge is 2.15. The molecule has 0 spiro atoms. The van der Waals surface area contributed by atoms with Gasteiger partial charge in [-0.05, 0) is 18.6 Å². The van der Waals surface area contributed by atoms with Crippen molar-refractivity contribution in [1.82, 2.24) is 0 Å². The SMILES string of the molecule is CCCCCCNc1c(-c2ccccc2)oc2ccccc2c1=O. The third kappa shape index (κ3) is 3.51. The zero-order valence-electron chi connectivity index (χ0n) is 14.0. The molecule has 3 rings (SSSR count). The van der Waals surface area contributed by atoms with Gasteiger partial charge in [0.05, 0.1) is 5.39 Å². The highest BCUT2D eigenvalue weighted by atomic mass is 16.3. The Morgan fingerprint density at radius 3 is 2.46 bits per heavy atom. The van der Waals surface area contributed by atoms with Crippen molar-refractivity contribution in [3.05, 3.63) is 64.8 Å². The van der Waals surface area contributed by atoms with Gasteiger partial charge in [0.25, 0.3) is 0 Å². The van der Waals surface area contributed by atoms with Crippen LogP contribution in [-0.2, 0) is 0 Å². The lowest BCUT2D eigenvalue weighted by atomic mass is 10.1. The fourth-order valence-electron chi connectivity index (χ4n) is 2.86. The lowest BCUT2D eigenvalue weighted by Crippen LogP contribution is -2.14. The van der Waals surface area contributed by atoms with Crippen LogP contribution in [0.15, 0.2) is 63.8 Å². The zero-order chi connectivity index (χ0) is 16.8. The molecule has 1 aromatic heterocycles. The van der Waals surface area contributed by atoms with Gasteiger partial charge in [-0.25, -0.2) is 0 Å². The molecule has 3 nitrogen and oxygen atoms in total. The third-order valence-electron chi connectivity index (χ3n) is 4.17. The fraction of sp³-hybridized carbons (Fsp3) is 0.286. The van der Waals surface area contributed by atoms with Crippen LogP contribution in [-0.4, -0.2) is 6.54 Å². The molecular formula is C21H23NO2. The summed E-state index contributed by atoms with van der Waals surface area (Å²) < 4.78 is 6.08. The second kappa shape index (κ2) is 7.82. The van der Waals surface area contributed by atoms with Crippen molar-refractivity contribution in [2.75, 3.05) is 11.9 Å². The van der Waals surface area contributed by atoms with Crippen molar-refractivity contribution in [2.45, 2.75) is 32.6 Å². The van der Waals surface area contributed by atoms with Crippen LogP contribution < -0.4 is 10.7 Å². The highest BCUT2D eigenvalue weighted by Crippen LogP contribution is 2.29. The standard InChI is InChI=1S/C21H23NO2/c1-2-3-4-10-15-22-19-20(23)17-13-8-9-14-18(17)24-21(19)16-11-6-5-7-12-16/h5-9,11-14,22H,2-4,10,15H2,1H3. The number of hydrogen-bond donors (Lipinski definition) is 1. The second-order valence-electron chi connectivity index (χ2n) is 5.98. The summed E-state index contributed by atoms with van der Waals surface area (Å²) >= 11 is 0. The fourth-order valence-corrected chi connectivity index (χ4v) is 2.86. The van der Waals surface area contributed by atoms with Gasteiger partial charge in [-0.3, -0.25) is 4.79 Å². The van der Waals surface area contributed by atoms with Crippen LogP contribution in [0.1, 0.15) is 32.6 Å². The van der Waals surface area contributed by atoms with E-state index in [9.17, 15) is 4.79 Å². The van der Waals surface area contributed by atoms with E-state index < -0.39 is 0 Å². The normalized spacial score (nSPS) is 10.9. The van der Waals surface area contributed by atoms with Crippen LogP contribution in [0.5, 0.6) is 0 Å². The first-order chi connectivity index (χ1) is 11.8. The molecule has 24 heavy (non-hydrogen) atoms. The minimum absolute atomic E-state index is 0.00574. The molecule has 1 heterocycles. The first-order valence-electron chi connectivity index (χ1n) is 8.66. The van der Waals surface area contributed by atoms with Gasteiger partial charge in [-0.2, -0.15) is 0 Å². The van der Waals surface area contributed by atoms with Crippen molar-refractivity contribution in [2.24, 2.45) is 0 Å². The van der Waals surface area contributed by atoms with E-state index in [2.05, 4.69) is 12.2 Å². The molecule has 0 radical (unpaired) electrons. The maximum atomic E-state index is 12.9. The molecule has 0 fully saturated rings. The Balaban J connectivity index is 2.00. The van der Waals surface area contributed by atoms with Crippen LogP contribution in [0.4, 0.5) is 5.69 Å². The summed E-state index contributed by atoms with van der Waals surface area (Å²) in [6.45, 7) is 2.97. The Kier molecular flexibility index (Phi) is 5.32. The number of para-hydroxylation sites is 1. The summed E-state index contributed by atoms with van der Waals surface area (Å²) in [6.07, 6.45) is 4.64. The Morgan fingerprint density at radius 2 is 1.67 bits per heavy atom. The predicted octanol–water partition coefficient (Wildman–Crippen LogP) is 5.45. The number of benzene rings is 2. The first kappa shape index (κ1) is 16.3. The minimum Gasteiger partial charge on any atom is -0.454 e. The van der Waals surface area contributed by atoms with Gasteiger partial charge in [0.1, 0.15) is 11.3 Å². The summed E-state index contributed by atoms with van der Waals surface area (Å²) in [7, 11) is 0. The van der Waals surface area contributed by atoms with Crippen molar-refractivity contribution in [3.8, 4) is 11.3 Å². The molecule has 0 saturated heterocycles. The molecule has 0 bridgehead atoms. The van der Waals surface area contributed by atoms with E-state index in [0.29, 0.717) is 22.4 Å². The molecule has 124 valence electrons. The summed E-state index contributed by atoms with van der Waals surface area (Å²) in [5.41, 5.74) is 2.11. The van der Waals surface area contributed by atoms with Crippen molar-refractivity contribution in [3.63, 3.8) is 0 Å². The summed E-state index contributed by atoms with van der Waals surface area (Å²) in [6, 6.07) is 17.2. The Morgan fingerprint density at radius 1 is 0.917 bits per heavy atom. The maximum Gasteiger partial charge on any atom is 0.216 e. The van der Waals surface area contributed by atoms with Gasteiger partial charge in [0.2, 0.25) is 5.43 Å². The number of anilines is 1. The molecule has 0 aliphatic heterocycles. The minimum atomic E-state index is 0.00574. The van der Waals surface area contributed by atoms with E-state index in [-0.39, 0.29) is 5.43 Å². The molecule has 0 aliphatic rings. The van der Waals surface area contributed by atoms with Gasteiger partial charge in [0, 0.05) is 12.1 Å². The summed E-state index contributed by atoms with van der Waals surface area (Å²) in [5.74, 6) is 0.620. The lowest BCUT2D eigenvalue weighted by Gasteiger charge is -2.12. The molecule has 3 aromatic rings. The van der Waals surface area contributed by atoms with Crippen LogP contribution in [0, 0.1) is 0 Å². The number of rotatable bonds is 7. The van der Waals surface area contributed by atoms with Crippen LogP contribution >= 0.6 is 0 Å². The van der Waals surface area contributed by atoms with Gasteiger partial charge in [-0.1, -0.05) is 68.7 Å². The lowest BCUT2D eigenvalue weighted by molar-refractivity contribution is 0.619. The van der Waals surface area contributed by atoms with E-state index in [1.165, 1.54) is 19.3 Å². The summed E-state index contributed by atoms with van der Waals surface area (Å²) in [5, 5.41) is 3.94. The molecule has 1 N–H and O–H groups in total. The monoisotopic (exact) mass is 321 g/mol. The van der Waals surface area contributed by atoms with Crippen LogP contribution in [0.25, 0.3) is 22.3 Å². The molecule has 2 aromatic carbocycles. The molecule has 0 amide bonds. The van der Waals surface area contributed by atoms with Gasteiger partial charge >= 0.3 is 0 Å². The molecule has 0 atom stereocenters. The molecule has 0 unspecified atom stereocenters. The van der Waals surface area contributed by atoms with Crippen LogP contribution in [0.3, 0.4) is 0 Å². The highest BCUT2D eigenvalue weighted by molar-refractivity contribution is 5.85. The molecular weight excluding hydrogens is 298 g/mol. The Labute approximate surface area is 142 Å². The molecule has 3 heteroatoms. The van der Waals surface area contributed by atoms with Crippen molar-refractivity contribution >= 4 is 16.7 Å². The summed E-state index contributed by atoms with van der Waals surface area (Å²) in [4.78, 5) is 12.9. The predicted molar refractivity (Wildman–Crippen MR) is 101 cm³/mol. The van der Waals surface area contributed by atoms with Gasteiger partial charge in [-0.15, -0.1) is 0 Å². The molecule has 0 aliphatic carbocycles. The Bertz CT molecular complexity index is 853. The third-order valence-corrected chi connectivity index (χ3v) is 4.17. The van der Waals surface area contributed by atoms with E-state index in [1.807, 2.05) is 54.6 Å². The van der Waals surface area contributed by atoms with Gasteiger partial charge < -0.3 is 9.73 Å². The number of fused-ring (bicyclic) bond motifs is 1. The second-order valence-corrected chi connectivity index (χ2v) is 5.98. The van der Waals surface area contributed by atoms with Crippen molar-refractivity contribution < 1.29 is 4.42 Å². The van der Waals surface area contributed by atoms with E-state index in [0.717, 1.165) is 18.5 Å². The largest absolute Gasteiger partial charge is 0.454 e. The quantitative estimate of drug-likeness (QED) is 0.588. The molecule has 0 saturated carbocycles. The smallest absolute Gasteiger partial charge is 0.216 e. The number of unbranched alkanes of at least 4 members (excludes halogenated alkanes) is 3.